The van der Waals surface area contributed by atoms with Crippen molar-refractivity contribution >= 4 is 42.8 Å². The molecule has 0 bridgehead atoms. The highest BCUT2D eigenvalue weighted by atomic mass is 32.2. The van der Waals surface area contributed by atoms with Gasteiger partial charge in [-0.05, 0) is 11.4 Å². The zero-order chi connectivity index (χ0) is 15.6. The number of thiophene rings is 1. The van der Waals surface area contributed by atoms with Crippen molar-refractivity contribution in [2.45, 2.75) is 4.21 Å². The number of fused-ring (bicyclic) bond motifs is 1. The number of nitrogens with one attached hydrogen (secondary N) is 2. The van der Waals surface area contributed by atoms with Crippen molar-refractivity contribution in [1.29, 1.82) is 0 Å². The molecule has 0 amide bonds. The minimum absolute atomic E-state index is 0.207. The van der Waals surface area contributed by atoms with Gasteiger partial charge in [0.2, 0.25) is 20.1 Å². The van der Waals surface area contributed by atoms with Crippen LogP contribution in [0.1, 0.15) is 0 Å². The second kappa shape index (κ2) is 6.12. The smallest absolute Gasteiger partial charge is 0.275 e. The lowest BCUT2D eigenvalue weighted by Gasteiger charge is -2.04. The minimum Gasteiger partial charge on any atom is -0.359 e. The molecule has 0 saturated heterocycles. The van der Waals surface area contributed by atoms with Crippen molar-refractivity contribution in [2.75, 3.05) is 18.4 Å². The molecule has 3 heterocycles. The van der Waals surface area contributed by atoms with E-state index in [-0.39, 0.29) is 16.3 Å². The molecule has 22 heavy (non-hydrogen) atoms. The van der Waals surface area contributed by atoms with Crippen LogP contribution in [0.15, 0.2) is 38.8 Å². The lowest BCUT2D eigenvalue weighted by Crippen LogP contribution is -2.28. The Kier molecular flexibility index (Phi) is 4.20. The largest absolute Gasteiger partial charge is 0.359 e. The second-order valence-electron chi connectivity index (χ2n) is 4.14. The van der Waals surface area contributed by atoms with Crippen molar-refractivity contribution in [1.82, 2.24) is 19.3 Å². The van der Waals surface area contributed by atoms with Crippen molar-refractivity contribution in [2.24, 2.45) is 0 Å². The number of sulfonamides is 1. The minimum atomic E-state index is -3.46. The van der Waals surface area contributed by atoms with Crippen LogP contribution in [-0.4, -0.2) is 36.1 Å². The van der Waals surface area contributed by atoms with E-state index in [1.807, 2.05) is 0 Å². The Morgan fingerprint density at radius 1 is 1.27 bits per heavy atom. The van der Waals surface area contributed by atoms with E-state index in [1.54, 1.807) is 17.5 Å². The number of aromatic nitrogens is 3. The Morgan fingerprint density at radius 2 is 2.14 bits per heavy atom. The molecule has 116 valence electrons. The second-order valence-corrected chi connectivity index (χ2v) is 8.04. The first-order valence-electron chi connectivity index (χ1n) is 6.18. The van der Waals surface area contributed by atoms with Crippen molar-refractivity contribution < 1.29 is 8.42 Å². The fraction of sp³-hybridized carbons (Fsp3) is 0.182. The number of hydrogen-bond donors (Lipinski definition) is 2. The molecule has 3 aromatic heterocycles. The summed E-state index contributed by atoms with van der Waals surface area (Å²) < 4.78 is 27.8. The Hall–Kier alpha value is -1.82. The quantitative estimate of drug-likeness (QED) is 0.626. The molecule has 0 radical (unpaired) electrons. The SMILES string of the molecule is O=c1ccnc2sc(NCCNS(=O)(=O)c3cccs3)nn12. The maximum atomic E-state index is 11.9. The predicted molar refractivity (Wildman–Crippen MR) is 85.1 cm³/mol. The summed E-state index contributed by atoms with van der Waals surface area (Å²) in [6, 6.07) is 4.56. The Labute approximate surface area is 133 Å². The highest BCUT2D eigenvalue weighted by Gasteiger charge is 2.14. The van der Waals surface area contributed by atoms with Crippen LogP contribution in [0.4, 0.5) is 5.13 Å². The molecule has 0 spiro atoms. The Bertz CT molecular complexity index is 929. The first-order valence-corrected chi connectivity index (χ1v) is 9.36. The van der Waals surface area contributed by atoms with Crippen LogP contribution < -0.4 is 15.6 Å². The molecular formula is C11H11N5O3S3. The van der Waals surface area contributed by atoms with Gasteiger partial charge in [-0.15, -0.1) is 16.4 Å². The highest BCUT2D eigenvalue weighted by molar-refractivity contribution is 7.91. The summed E-state index contributed by atoms with van der Waals surface area (Å²) in [6.07, 6.45) is 1.43. The van der Waals surface area contributed by atoms with Gasteiger partial charge in [-0.2, -0.15) is 4.52 Å². The average Bonchev–Trinajstić information content (AvgIpc) is 3.13. The van der Waals surface area contributed by atoms with Gasteiger partial charge in [-0.3, -0.25) is 4.79 Å². The maximum absolute atomic E-state index is 11.9. The first-order chi connectivity index (χ1) is 10.6. The van der Waals surface area contributed by atoms with Gasteiger partial charge in [-0.25, -0.2) is 18.1 Å². The first kappa shape index (κ1) is 15.1. The number of anilines is 1. The molecule has 8 nitrogen and oxygen atoms in total. The summed E-state index contributed by atoms with van der Waals surface area (Å²) in [5.74, 6) is 0. The molecule has 11 heteroatoms. The molecule has 0 fully saturated rings. The summed E-state index contributed by atoms with van der Waals surface area (Å²) in [4.78, 5) is 16.0. The van der Waals surface area contributed by atoms with E-state index in [1.165, 1.54) is 28.1 Å². The standard InChI is InChI=1S/C11H11N5O3S3/c17-8-3-4-13-11-16(8)15-10(21-11)12-5-6-14-22(18,19)9-2-1-7-20-9/h1-4,7,14H,5-6H2,(H,12,15). The van der Waals surface area contributed by atoms with Crippen molar-refractivity contribution in [3.8, 4) is 0 Å². The summed E-state index contributed by atoms with van der Waals surface area (Å²) >= 11 is 2.38. The lowest BCUT2D eigenvalue weighted by atomic mass is 10.7. The monoisotopic (exact) mass is 357 g/mol. The molecule has 2 N–H and O–H groups in total. The number of hydrogen-bond acceptors (Lipinski definition) is 8. The molecule has 0 unspecified atom stereocenters. The van der Waals surface area contributed by atoms with Crippen LogP contribution in [0.5, 0.6) is 0 Å². The van der Waals surface area contributed by atoms with E-state index in [0.29, 0.717) is 16.6 Å². The van der Waals surface area contributed by atoms with Gasteiger partial charge in [0, 0.05) is 25.4 Å². The molecule has 0 aromatic carbocycles. The van der Waals surface area contributed by atoms with Crippen LogP contribution in [0, 0.1) is 0 Å². The molecule has 0 atom stereocenters. The van der Waals surface area contributed by atoms with Crippen molar-refractivity contribution in [3.63, 3.8) is 0 Å². The van der Waals surface area contributed by atoms with Gasteiger partial charge in [0.05, 0.1) is 0 Å². The van der Waals surface area contributed by atoms with Crippen LogP contribution in [0.3, 0.4) is 0 Å². The molecule has 3 rings (SSSR count). The third-order valence-electron chi connectivity index (χ3n) is 2.62. The zero-order valence-corrected chi connectivity index (χ0v) is 13.5. The third kappa shape index (κ3) is 3.16. The Balaban J connectivity index is 1.59. The van der Waals surface area contributed by atoms with Gasteiger partial charge in [-0.1, -0.05) is 17.4 Å². The van der Waals surface area contributed by atoms with Crippen molar-refractivity contribution in [3.05, 3.63) is 40.1 Å². The lowest BCUT2D eigenvalue weighted by molar-refractivity contribution is 0.585. The normalized spacial score (nSPS) is 11.8. The average molecular weight is 357 g/mol. The molecule has 0 saturated carbocycles. The van der Waals surface area contributed by atoms with E-state index in [0.717, 1.165) is 11.3 Å². The van der Waals surface area contributed by atoms with E-state index < -0.39 is 10.0 Å². The fourth-order valence-electron chi connectivity index (χ4n) is 1.66. The molecule has 0 aliphatic carbocycles. The summed E-state index contributed by atoms with van der Waals surface area (Å²) in [5, 5.41) is 9.25. The molecule has 3 aromatic rings. The van der Waals surface area contributed by atoms with Crippen LogP contribution in [0.25, 0.3) is 4.96 Å². The van der Waals surface area contributed by atoms with Crippen LogP contribution in [0.2, 0.25) is 0 Å². The third-order valence-corrected chi connectivity index (χ3v) is 6.36. The summed E-state index contributed by atoms with van der Waals surface area (Å²) in [6.45, 7) is 0.553. The van der Waals surface area contributed by atoms with E-state index in [2.05, 4.69) is 20.1 Å². The Morgan fingerprint density at radius 3 is 2.86 bits per heavy atom. The van der Waals surface area contributed by atoms with Gasteiger partial charge >= 0.3 is 0 Å². The fourth-order valence-corrected chi connectivity index (χ4v) is 4.53. The summed E-state index contributed by atoms with van der Waals surface area (Å²) in [5.41, 5.74) is -0.257. The van der Waals surface area contributed by atoms with Crippen LogP contribution >= 0.6 is 22.7 Å². The predicted octanol–water partition coefficient (Wildman–Crippen LogP) is 0.603. The number of rotatable bonds is 6. The van der Waals surface area contributed by atoms with Crippen LogP contribution in [-0.2, 0) is 10.0 Å². The molecular weight excluding hydrogens is 346 g/mol. The van der Waals surface area contributed by atoms with E-state index in [9.17, 15) is 13.2 Å². The van der Waals surface area contributed by atoms with Gasteiger partial charge in [0.25, 0.3) is 5.56 Å². The van der Waals surface area contributed by atoms with E-state index in [4.69, 9.17) is 0 Å². The molecule has 0 aliphatic rings. The zero-order valence-electron chi connectivity index (χ0n) is 11.1. The van der Waals surface area contributed by atoms with Gasteiger partial charge < -0.3 is 5.32 Å². The molecule has 0 aliphatic heterocycles. The summed E-state index contributed by atoms with van der Waals surface area (Å²) in [7, 11) is -3.46. The highest BCUT2D eigenvalue weighted by Crippen LogP contribution is 2.16. The van der Waals surface area contributed by atoms with Gasteiger partial charge in [0.15, 0.2) is 0 Å². The van der Waals surface area contributed by atoms with Gasteiger partial charge in [0.1, 0.15) is 4.21 Å². The maximum Gasteiger partial charge on any atom is 0.275 e. The van der Waals surface area contributed by atoms with E-state index >= 15 is 0 Å². The number of nitrogens with zero attached hydrogens (tertiary/aromatic N) is 3. The topological polar surface area (TPSA) is 105 Å².